The second kappa shape index (κ2) is 6.36. The Labute approximate surface area is 134 Å². The Morgan fingerprint density at radius 3 is 2.57 bits per heavy atom. The van der Waals surface area contributed by atoms with Crippen LogP contribution in [0, 0.1) is 0 Å². The maximum atomic E-state index is 12.7. The van der Waals surface area contributed by atoms with Crippen LogP contribution in [0.1, 0.15) is 17.4 Å². The van der Waals surface area contributed by atoms with Crippen LogP contribution in [0.2, 0.25) is 4.34 Å². The number of anilines is 1. The smallest absolute Gasteiger partial charge is 0.243 e. The van der Waals surface area contributed by atoms with Gasteiger partial charge in [-0.2, -0.15) is 4.31 Å². The van der Waals surface area contributed by atoms with Crippen LogP contribution in [0.15, 0.2) is 35.2 Å². The van der Waals surface area contributed by atoms with Crippen LogP contribution in [-0.4, -0.2) is 19.8 Å². The summed E-state index contributed by atoms with van der Waals surface area (Å²) in [6, 6.07) is 8.60. The van der Waals surface area contributed by atoms with Crippen molar-refractivity contribution in [1.82, 2.24) is 4.31 Å². The Morgan fingerprint density at radius 2 is 2.00 bits per heavy atom. The number of hydrogen-bond acceptors (Lipinski definition) is 4. The van der Waals surface area contributed by atoms with E-state index in [0.717, 1.165) is 10.4 Å². The fourth-order valence-corrected chi connectivity index (χ4v) is 4.71. The van der Waals surface area contributed by atoms with Crippen LogP contribution in [-0.2, 0) is 23.0 Å². The number of benzene rings is 1. The molecule has 114 valence electrons. The summed E-state index contributed by atoms with van der Waals surface area (Å²) in [6.07, 6.45) is 0.632. The number of thiophene rings is 1. The van der Waals surface area contributed by atoms with Crippen molar-refractivity contribution in [3.63, 3.8) is 0 Å². The lowest BCUT2D eigenvalue weighted by Gasteiger charge is -2.18. The zero-order chi connectivity index (χ0) is 15.6. The van der Waals surface area contributed by atoms with Crippen LogP contribution >= 0.6 is 22.9 Å². The van der Waals surface area contributed by atoms with E-state index in [4.69, 9.17) is 17.3 Å². The van der Waals surface area contributed by atoms with E-state index >= 15 is 0 Å². The molecule has 0 atom stereocenters. The SMILES string of the molecule is CCc1ccc(N)cc1S(=O)(=O)N(C)Cc1ccc(Cl)s1. The summed E-state index contributed by atoms with van der Waals surface area (Å²) in [7, 11) is -2.02. The van der Waals surface area contributed by atoms with Crippen LogP contribution in [0.3, 0.4) is 0 Å². The van der Waals surface area contributed by atoms with Crippen molar-refractivity contribution in [3.05, 3.63) is 45.1 Å². The third kappa shape index (κ3) is 3.58. The van der Waals surface area contributed by atoms with Crippen LogP contribution < -0.4 is 5.73 Å². The highest BCUT2D eigenvalue weighted by Crippen LogP contribution is 2.27. The molecule has 4 nitrogen and oxygen atoms in total. The maximum Gasteiger partial charge on any atom is 0.243 e. The molecule has 0 aliphatic rings. The van der Waals surface area contributed by atoms with Crippen molar-refractivity contribution in [1.29, 1.82) is 0 Å². The van der Waals surface area contributed by atoms with E-state index in [1.54, 1.807) is 25.2 Å². The van der Waals surface area contributed by atoms with E-state index in [-0.39, 0.29) is 11.4 Å². The zero-order valence-electron chi connectivity index (χ0n) is 11.8. The average Bonchev–Trinajstić information content (AvgIpc) is 2.84. The summed E-state index contributed by atoms with van der Waals surface area (Å²) < 4.78 is 27.4. The Kier molecular flexibility index (Phi) is 4.93. The second-order valence-electron chi connectivity index (χ2n) is 4.69. The molecule has 7 heteroatoms. The standard InChI is InChI=1S/C14H17ClN2O2S2/c1-3-10-4-5-11(16)8-13(10)21(18,19)17(2)9-12-6-7-14(15)20-12/h4-8H,3,9,16H2,1-2H3. The van der Waals surface area contributed by atoms with Gasteiger partial charge in [0.1, 0.15) is 0 Å². The molecule has 0 bridgehead atoms. The fourth-order valence-electron chi connectivity index (χ4n) is 2.01. The van der Waals surface area contributed by atoms with Crippen molar-refractivity contribution in [3.8, 4) is 0 Å². The number of nitrogen functional groups attached to an aromatic ring is 1. The largest absolute Gasteiger partial charge is 0.399 e. The minimum Gasteiger partial charge on any atom is -0.399 e. The van der Waals surface area contributed by atoms with Crippen molar-refractivity contribution in [2.75, 3.05) is 12.8 Å². The van der Waals surface area contributed by atoms with Gasteiger partial charge < -0.3 is 5.73 Å². The molecule has 0 aliphatic heterocycles. The van der Waals surface area contributed by atoms with E-state index < -0.39 is 10.0 Å². The molecular weight excluding hydrogens is 328 g/mol. The molecule has 2 N–H and O–H groups in total. The Balaban J connectivity index is 2.35. The minimum absolute atomic E-state index is 0.273. The topological polar surface area (TPSA) is 63.4 Å². The van der Waals surface area contributed by atoms with Gasteiger partial charge in [0, 0.05) is 24.2 Å². The number of hydrogen-bond donors (Lipinski definition) is 1. The molecule has 2 rings (SSSR count). The lowest BCUT2D eigenvalue weighted by molar-refractivity contribution is 0.469. The summed E-state index contributed by atoms with van der Waals surface area (Å²) in [5.74, 6) is 0. The molecule has 0 fully saturated rings. The lowest BCUT2D eigenvalue weighted by Crippen LogP contribution is -2.27. The monoisotopic (exact) mass is 344 g/mol. The van der Waals surface area contributed by atoms with Crippen LogP contribution in [0.25, 0.3) is 0 Å². The Hall–Kier alpha value is -1.08. The van der Waals surface area contributed by atoms with Gasteiger partial charge in [-0.1, -0.05) is 24.6 Å². The van der Waals surface area contributed by atoms with E-state index in [2.05, 4.69) is 0 Å². The van der Waals surface area contributed by atoms with Gasteiger partial charge >= 0.3 is 0 Å². The van der Waals surface area contributed by atoms with Crippen LogP contribution in [0.5, 0.6) is 0 Å². The molecule has 1 aromatic heterocycles. The van der Waals surface area contributed by atoms with Gasteiger partial charge in [-0.15, -0.1) is 11.3 Å². The van der Waals surface area contributed by atoms with Crippen LogP contribution in [0.4, 0.5) is 5.69 Å². The number of nitrogens with two attached hydrogens (primary N) is 1. The van der Waals surface area contributed by atoms with Gasteiger partial charge in [0.15, 0.2) is 0 Å². The summed E-state index contributed by atoms with van der Waals surface area (Å²) in [6.45, 7) is 2.21. The molecule has 0 radical (unpaired) electrons. The van der Waals surface area contributed by atoms with Gasteiger partial charge in [0.25, 0.3) is 0 Å². The highest BCUT2D eigenvalue weighted by molar-refractivity contribution is 7.89. The van der Waals surface area contributed by atoms with Gasteiger partial charge in [-0.05, 0) is 36.2 Å². The minimum atomic E-state index is -3.58. The van der Waals surface area contributed by atoms with E-state index in [1.807, 2.05) is 13.0 Å². The summed E-state index contributed by atoms with van der Waals surface area (Å²) in [5.41, 5.74) is 6.94. The van der Waals surface area contributed by atoms with E-state index in [1.165, 1.54) is 21.7 Å². The van der Waals surface area contributed by atoms with Crippen molar-refractivity contribution < 1.29 is 8.42 Å². The zero-order valence-corrected chi connectivity index (χ0v) is 14.2. The van der Waals surface area contributed by atoms with E-state index in [0.29, 0.717) is 16.4 Å². The Morgan fingerprint density at radius 1 is 1.29 bits per heavy atom. The predicted molar refractivity (Wildman–Crippen MR) is 88.2 cm³/mol. The second-order valence-corrected chi connectivity index (χ2v) is 8.50. The van der Waals surface area contributed by atoms with Crippen molar-refractivity contribution in [2.24, 2.45) is 0 Å². The number of rotatable bonds is 5. The maximum absolute atomic E-state index is 12.7. The summed E-state index contributed by atoms with van der Waals surface area (Å²) >= 11 is 7.25. The molecule has 0 saturated carbocycles. The van der Waals surface area contributed by atoms with Crippen molar-refractivity contribution >= 4 is 38.6 Å². The number of halogens is 1. The molecule has 0 spiro atoms. The molecule has 0 saturated heterocycles. The average molecular weight is 345 g/mol. The summed E-state index contributed by atoms with van der Waals surface area (Å²) in [5, 5.41) is 0. The first-order chi connectivity index (χ1) is 9.84. The third-order valence-corrected chi connectivity index (χ3v) is 6.27. The normalized spacial score (nSPS) is 12.0. The van der Waals surface area contributed by atoms with E-state index in [9.17, 15) is 8.42 Å². The highest BCUT2D eigenvalue weighted by atomic mass is 35.5. The molecule has 2 aromatic rings. The summed E-state index contributed by atoms with van der Waals surface area (Å²) in [4.78, 5) is 1.17. The quantitative estimate of drug-likeness (QED) is 0.846. The number of aryl methyl sites for hydroxylation is 1. The Bertz CT molecular complexity index is 741. The number of sulfonamides is 1. The third-order valence-electron chi connectivity index (χ3n) is 3.17. The molecule has 21 heavy (non-hydrogen) atoms. The fraction of sp³-hybridized carbons (Fsp3) is 0.286. The van der Waals surface area contributed by atoms with Gasteiger partial charge in [0.2, 0.25) is 10.0 Å². The van der Waals surface area contributed by atoms with Gasteiger partial charge in [-0.3, -0.25) is 0 Å². The first-order valence-corrected chi connectivity index (χ1v) is 9.07. The predicted octanol–water partition coefficient (Wildman–Crippen LogP) is 3.37. The first kappa shape index (κ1) is 16.3. The molecule has 0 amide bonds. The molecular formula is C14H17ClN2O2S2. The van der Waals surface area contributed by atoms with Crippen molar-refractivity contribution in [2.45, 2.75) is 24.8 Å². The number of nitrogens with zero attached hydrogens (tertiary/aromatic N) is 1. The molecule has 1 aromatic carbocycles. The molecule has 1 heterocycles. The molecule has 0 unspecified atom stereocenters. The lowest BCUT2D eigenvalue weighted by atomic mass is 10.1. The molecule has 0 aliphatic carbocycles. The highest BCUT2D eigenvalue weighted by Gasteiger charge is 2.24. The van der Waals surface area contributed by atoms with Gasteiger partial charge in [0.05, 0.1) is 9.23 Å². The first-order valence-electron chi connectivity index (χ1n) is 6.43. The van der Waals surface area contributed by atoms with Gasteiger partial charge in [-0.25, -0.2) is 8.42 Å².